The van der Waals surface area contributed by atoms with E-state index in [1.165, 1.54) is 0 Å². The van der Waals surface area contributed by atoms with Crippen LogP contribution in [0.3, 0.4) is 0 Å². The van der Waals surface area contributed by atoms with E-state index in [1.54, 1.807) is 11.9 Å². The zero-order valence-corrected chi connectivity index (χ0v) is 17.5. The predicted octanol–water partition coefficient (Wildman–Crippen LogP) is 1.56. The molecule has 7 nitrogen and oxygen atoms in total. The highest BCUT2D eigenvalue weighted by Gasteiger charge is 2.30. The number of carbonyl (C=O) groups is 1. The van der Waals surface area contributed by atoms with Gasteiger partial charge in [-0.2, -0.15) is 0 Å². The van der Waals surface area contributed by atoms with Gasteiger partial charge in [0.2, 0.25) is 5.91 Å². The van der Waals surface area contributed by atoms with Gasteiger partial charge in [-0.15, -0.1) is 0 Å². The van der Waals surface area contributed by atoms with Crippen molar-refractivity contribution in [1.82, 2.24) is 20.4 Å². The van der Waals surface area contributed by atoms with Crippen LogP contribution >= 0.6 is 0 Å². The molecule has 28 heavy (non-hydrogen) atoms. The monoisotopic (exact) mass is 389 g/mol. The molecule has 0 bridgehead atoms. The van der Waals surface area contributed by atoms with Crippen LogP contribution in [0.1, 0.15) is 25.7 Å². The fourth-order valence-electron chi connectivity index (χ4n) is 3.37. The second-order valence-electron chi connectivity index (χ2n) is 7.22. The van der Waals surface area contributed by atoms with Gasteiger partial charge in [-0.05, 0) is 44.4 Å². The van der Waals surface area contributed by atoms with Gasteiger partial charge in [0.25, 0.3) is 0 Å². The van der Waals surface area contributed by atoms with E-state index in [4.69, 9.17) is 4.74 Å². The number of nitrogens with zero attached hydrogens (tertiary/aromatic N) is 3. The number of rotatable bonds is 10. The number of ether oxygens (including phenoxy) is 1. The van der Waals surface area contributed by atoms with Crippen molar-refractivity contribution in [2.45, 2.75) is 31.7 Å². The predicted molar refractivity (Wildman–Crippen MR) is 114 cm³/mol. The second kappa shape index (κ2) is 12.2. The van der Waals surface area contributed by atoms with Crippen LogP contribution in [0.15, 0.2) is 35.3 Å². The van der Waals surface area contributed by atoms with E-state index in [2.05, 4.69) is 20.5 Å². The lowest BCUT2D eigenvalue weighted by Gasteiger charge is -2.26. The first-order valence-electron chi connectivity index (χ1n) is 10.2. The van der Waals surface area contributed by atoms with E-state index < -0.39 is 0 Å². The van der Waals surface area contributed by atoms with Crippen molar-refractivity contribution in [3.63, 3.8) is 0 Å². The Labute approximate surface area is 169 Å². The molecule has 0 spiro atoms. The lowest BCUT2D eigenvalue weighted by Crippen LogP contribution is -2.44. The van der Waals surface area contributed by atoms with Crippen LogP contribution in [0.25, 0.3) is 0 Å². The SMILES string of the molecule is CN=C(NCCCOc1ccccc1)NCCCN1CCCC1C(=O)N(C)C. The fourth-order valence-corrected chi connectivity index (χ4v) is 3.37. The molecule has 1 aliphatic heterocycles. The summed E-state index contributed by atoms with van der Waals surface area (Å²) in [5.74, 6) is 1.93. The van der Waals surface area contributed by atoms with Crippen molar-refractivity contribution in [2.24, 2.45) is 4.99 Å². The molecule has 1 aromatic carbocycles. The standard InChI is InChI=1S/C21H35N5O2/c1-22-21(24-14-9-17-28-18-10-5-4-6-11-18)23-13-8-16-26-15-7-12-19(26)20(27)25(2)3/h4-6,10-11,19H,7-9,12-17H2,1-3H3,(H2,22,23,24). The van der Waals surface area contributed by atoms with Crippen molar-refractivity contribution >= 4 is 11.9 Å². The summed E-state index contributed by atoms with van der Waals surface area (Å²) in [5.41, 5.74) is 0. The highest BCUT2D eigenvalue weighted by molar-refractivity contribution is 5.81. The zero-order valence-electron chi connectivity index (χ0n) is 17.5. The summed E-state index contributed by atoms with van der Waals surface area (Å²) in [6, 6.07) is 9.90. The van der Waals surface area contributed by atoms with E-state index in [9.17, 15) is 4.79 Å². The molecule has 2 N–H and O–H groups in total. The largest absolute Gasteiger partial charge is 0.494 e. The summed E-state index contributed by atoms with van der Waals surface area (Å²) >= 11 is 0. The number of likely N-dealkylation sites (tertiary alicyclic amines) is 1. The molecule has 1 fully saturated rings. The molecule has 2 rings (SSSR count). The van der Waals surface area contributed by atoms with Crippen molar-refractivity contribution in [3.05, 3.63) is 30.3 Å². The van der Waals surface area contributed by atoms with Crippen LogP contribution in [-0.4, -0.2) is 81.6 Å². The van der Waals surface area contributed by atoms with Crippen LogP contribution in [0, 0.1) is 0 Å². The average Bonchev–Trinajstić information content (AvgIpc) is 3.17. The maximum Gasteiger partial charge on any atom is 0.239 e. The zero-order chi connectivity index (χ0) is 20.2. The second-order valence-corrected chi connectivity index (χ2v) is 7.22. The van der Waals surface area contributed by atoms with E-state index in [1.807, 2.05) is 44.4 Å². The first kappa shape index (κ1) is 22.0. The number of benzene rings is 1. The van der Waals surface area contributed by atoms with Gasteiger partial charge in [0, 0.05) is 40.8 Å². The maximum absolute atomic E-state index is 12.2. The lowest BCUT2D eigenvalue weighted by atomic mass is 10.2. The van der Waals surface area contributed by atoms with E-state index in [0.29, 0.717) is 6.61 Å². The summed E-state index contributed by atoms with van der Waals surface area (Å²) in [5, 5.41) is 6.66. The third-order valence-electron chi connectivity index (χ3n) is 4.85. The number of para-hydroxylation sites is 1. The molecule has 1 aromatic rings. The van der Waals surface area contributed by atoms with E-state index in [-0.39, 0.29) is 11.9 Å². The summed E-state index contributed by atoms with van der Waals surface area (Å²) in [6.07, 6.45) is 3.96. The molecule has 1 amide bonds. The third-order valence-corrected chi connectivity index (χ3v) is 4.85. The first-order chi connectivity index (χ1) is 13.6. The van der Waals surface area contributed by atoms with Crippen LogP contribution < -0.4 is 15.4 Å². The van der Waals surface area contributed by atoms with E-state index in [0.717, 1.165) is 63.6 Å². The molecule has 156 valence electrons. The molecular formula is C21H35N5O2. The normalized spacial score (nSPS) is 17.4. The molecule has 1 saturated heterocycles. The van der Waals surface area contributed by atoms with Gasteiger partial charge in [-0.3, -0.25) is 14.7 Å². The number of amides is 1. The number of nitrogens with one attached hydrogen (secondary N) is 2. The minimum atomic E-state index is 0.0528. The van der Waals surface area contributed by atoms with E-state index >= 15 is 0 Å². The molecule has 0 aromatic heterocycles. The van der Waals surface area contributed by atoms with Crippen molar-refractivity contribution < 1.29 is 9.53 Å². The molecule has 1 atom stereocenters. The van der Waals surface area contributed by atoms with Gasteiger partial charge in [-0.25, -0.2) is 0 Å². The van der Waals surface area contributed by atoms with Gasteiger partial charge < -0.3 is 20.3 Å². The number of hydrogen-bond acceptors (Lipinski definition) is 4. The topological polar surface area (TPSA) is 69.2 Å². The highest BCUT2D eigenvalue weighted by Crippen LogP contribution is 2.18. The molecule has 1 heterocycles. The number of carbonyl (C=O) groups excluding carboxylic acids is 1. The molecule has 1 aliphatic rings. The third kappa shape index (κ3) is 7.38. The van der Waals surface area contributed by atoms with Crippen LogP contribution in [-0.2, 0) is 4.79 Å². The number of guanidine groups is 1. The molecular weight excluding hydrogens is 354 g/mol. The molecule has 0 aliphatic carbocycles. The van der Waals surface area contributed by atoms with Crippen molar-refractivity contribution in [3.8, 4) is 5.75 Å². The Hall–Kier alpha value is -2.28. The molecule has 0 saturated carbocycles. The first-order valence-corrected chi connectivity index (χ1v) is 10.2. The minimum absolute atomic E-state index is 0.0528. The Morgan fingerprint density at radius 1 is 1.21 bits per heavy atom. The van der Waals surface area contributed by atoms with Gasteiger partial charge in [-0.1, -0.05) is 18.2 Å². The summed E-state index contributed by atoms with van der Waals surface area (Å²) in [7, 11) is 5.45. The lowest BCUT2D eigenvalue weighted by molar-refractivity contribution is -0.133. The van der Waals surface area contributed by atoms with Gasteiger partial charge >= 0.3 is 0 Å². The number of likely N-dealkylation sites (N-methyl/N-ethyl adjacent to an activating group) is 1. The Morgan fingerprint density at radius 2 is 1.93 bits per heavy atom. The quantitative estimate of drug-likeness (QED) is 0.361. The molecule has 0 radical (unpaired) electrons. The molecule has 7 heteroatoms. The highest BCUT2D eigenvalue weighted by atomic mass is 16.5. The smallest absolute Gasteiger partial charge is 0.239 e. The minimum Gasteiger partial charge on any atom is -0.494 e. The maximum atomic E-state index is 12.2. The van der Waals surface area contributed by atoms with Crippen molar-refractivity contribution in [1.29, 1.82) is 0 Å². The molecule has 1 unspecified atom stereocenters. The summed E-state index contributed by atoms with van der Waals surface area (Å²) < 4.78 is 5.69. The van der Waals surface area contributed by atoms with Gasteiger partial charge in [0.05, 0.1) is 12.6 Å². The Morgan fingerprint density at radius 3 is 2.61 bits per heavy atom. The number of hydrogen-bond donors (Lipinski definition) is 2. The Balaban J connectivity index is 1.56. The van der Waals surface area contributed by atoms with Crippen molar-refractivity contribution in [2.75, 3.05) is 53.9 Å². The summed E-state index contributed by atoms with van der Waals surface area (Å²) in [4.78, 5) is 20.5. The van der Waals surface area contributed by atoms with Crippen LogP contribution in [0.4, 0.5) is 0 Å². The van der Waals surface area contributed by atoms with Crippen LogP contribution in [0.2, 0.25) is 0 Å². The van der Waals surface area contributed by atoms with Gasteiger partial charge in [0.1, 0.15) is 5.75 Å². The average molecular weight is 390 g/mol. The Kier molecular flexibility index (Phi) is 9.62. The summed E-state index contributed by atoms with van der Waals surface area (Å²) in [6.45, 7) is 4.25. The van der Waals surface area contributed by atoms with Gasteiger partial charge in [0.15, 0.2) is 5.96 Å². The van der Waals surface area contributed by atoms with Crippen LogP contribution in [0.5, 0.6) is 5.75 Å². The Bertz CT molecular complexity index is 606. The number of aliphatic imine (C=N–C) groups is 1. The fraction of sp³-hybridized carbons (Fsp3) is 0.619.